The summed E-state index contributed by atoms with van der Waals surface area (Å²) in [5, 5.41) is 9.82. The van der Waals surface area contributed by atoms with E-state index in [-0.39, 0.29) is 12.1 Å². The van der Waals surface area contributed by atoms with Gasteiger partial charge in [-0.1, -0.05) is 27.2 Å². The molecule has 4 atom stereocenters. The molecule has 1 heterocycles. The summed E-state index contributed by atoms with van der Waals surface area (Å²) in [6.07, 6.45) is 3.30. The van der Waals surface area contributed by atoms with Gasteiger partial charge in [0, 0.05) is 6.04 Å². The van der Waals surface area contributed by atoms with Gasteiger partial charge in [0.05, 0.1) is 17.9 Å². The second-order valence-corrected chi connectivity index (χ2v) is 7.16. The minimum atomic E-state index is -0.923. The van der Waals surface area contributed by atoms with Gasteiger partial charge in [0.2, 0.25) is 0 Å². The molecule has 1 amide bonds. The number of carboxylic acid groups (broad SMARTS) is 1. The lowest BCUT2D eigenvalue weighted by atomic mass is 9.73. The Balaban J connectivity index is 2.31. The fourth-order valence-electron chi connectivity index (χ4n) is 3.84. The largest absolute Gasteiger partial charge is 0.465 e. The van der Waals surface area contributed by atoms with Crippen molar-refractivity contribution in [2.45, 2.75) is 59.0 Å². The SMILES string of the molecule is CC(C)[C@@H]1CC[C@@H](C)C[C@H]1N(C(=O)O)[C@@H](C)c1ccc(F)cn1. The van der Waals surface area contributed by atoms with Gasteiger partial charge in [-0.15, -0.1) is 0 Å². The molecule has 5 heteroatoms. The number of amides is 1. The topological polar surface area (TPSA) is 53.4 Å². The highest BCUT2D eigenvalue weighted by molar-refractivity contribution is 5.66. The van der Waals surface area contributed by atoms with Crippen molar-refractivity contribution in [3.63, 3.8) is 0 Å². The number of halogens is 1. The number of pyridine rings is 1. The Morgan fingerprint density at radius 2 is 2.04 bits per heavy atom. The Labute approximate surface area is 137 Å². The average molecular weight is 322 g/mol. The smallest absolute Gasteiger partial charge is 0.408 e. The third kappa shape index (κ3) is 4.01. The summed E-state index contributed by atoms with van der Waals surface area (Å²) >= 11 is 0. The monoisotopic (exact) mass is 322 g/mol. The van der Waals surface area contributed by atoms with Gasteiger partial charge in [-0.05, 0) is 49.7 Å². The summed E-state index contributed by atoms with van der Waals surface area (Å²) in [6.45, 7) is 8.35. The molecule has 0 aliphatic heterocycles. The van der Waals surface area contributed by atoms with Crippen LogP contribution in [-0.4, -0.2) is 27.1 Å². The third-order valence-electron chi connectivity index (χ3n) is 5.16. The zero-order valence-electron chi connectivity index (χ0n) is 14.4. The lowest BCUT2D eigenvalue weighted by Gasteiger charge is -2.44. The molecule has 0 radical (unpaired) electrons. The maximum absolute atomic E-state index is 13.1. The van der Waals surface area contributed by atoms with Gasteiger partial charge in [-0.3, -0.25) is 9.88 Å². The minimum absolute atomic E-state index is 0.0156. The van der Waals surface area contributed by atoms with E-state index >= 15 is 0 Å². The standard InChI is InChI=1S/C18H27FN2O2/c1-11(2)15-7-5-12(3)9-17(15)21(18(22)23)13(4)16-8-6-14(19)10-20-16/h6,8,10-13,15,17H,5,7,9H2,1-4H3,(H,22,23)/t12-,13+,15+,17-/m1/s1. The summed E-state index contributed by atoms with van der Waals surface area (Å²) in [7, 11) is 0. The molecule has 1 saturated carbocycles. The first kappa shape index (κ1) is 17.7. The predicted molar refractivity (Wildman–Crippen MR) is 87.6 cm³/mol. The lowest BCUT2D eigenvalue weighted by molar-refractivity contribution is 0.0352. The van der Waals surface area contributed by atoms with Gasteiger partial charge < -0.3 is 5.11 Å². The highest BCUT2D eigenvalue weighted by Crippen LogP contribution is 2.39. The molecule has 4 nitrogen and oxygen atoms in total. The van der Waals surface area contributed by atoms with Crippen LogP contribution < -0.4 is 0 Å². The highest BCUT2D eigenvalue weighted by atomic mass is 19.1. The molecule has 23 heavy (non-hydrogen) atoms. The van der Waals surface area contributed by atoms with Crippen molar-refractivity contribution in [2.24, 2.45) is 17.8 Å². The maximum atomic E-state index is 13.1. The van der Waals surface area contributed by atoms with Crippen molar-refractivity contribution in [1.29, 1.82) is 0 Å². The molecule has 1 fully saturated rings. The van der Waals surface area contributed by atoms with Crippen LogP contribution in [0.2, 0.25) is 0 Å². The first-order valence-electron chi connectivity index (χ1n) is 8.44. The zero-order chi connectivity index (χ0) is 17.1. The number of hydrogen-bond acceptors (Lipinski definition) is 2. The Hall–Kier alpha value is -1.65. The molecule has 2 rings (SSSR count). The normalized spacial score (nSPS) is 26.1. The molecular weight excluding hydrogens is 295 g/mol. The third-order valence-corrected chi connectivity index (χ3v) is 5.16. The summed E-state index contributed by atoms with van der Waals surface area (Å²) in [6, 6.07) is 2.51. The molecular formula is C18H27FN2O2. The summed E-state index contributed by atoms with van der Waals surface area (Å²) in [4.78, 5) is 17.6. The van der Waals surface area contributed by atoms with Crippen molar-refractivity contribution >= 4 is 6.09 Å². The molecule has 0 saturated heterocycles. The Kier molecular flexibility index (Phi) is 5.60. The Morgan fingerprint density at radius 1 is 1.35 bits per heavy atom. The summed E-state index contributed by atoms with van der Waals surface area (Å²) < 4.78 is 13.1. The number of rotatable bonds is 4. The Morgan fingerprint density at radius 3 is 2.57 bits per heavy atom. The average Bonchev–Trinajstić information content (AvgIpc) is 2.47. The van der Waals surface area contributed by atoms with Crippen LogP contribution in [0.4, 0.5) is 9.18 Å². The van der Waals surface area contributed by atoms with Crippen LogP contribution >= 0.6 is 0 Å². The van der Waals surface area contributed by atoms with Gasteiger partial charge in [0.25, 0.3) is 0 Å². The molecule has 128 valence electrons. The van der Waals surface area contributed by atoms with Crippen LogP contribution in [0.5, 0.6) is 0 Å². The van der Waals surface area contributed by atoms with Crippen LogP contribution in [0.3, 0.4) is 0 Å². The highest BCUT2D eigenvalue weighted by Gasteiger charge is 2.39. The molecule has 0 spiro atoms. The van der Waals surface area contributed by atoms with E-state index in [0.29, 0.717) is 23.4 Å². The fourth-order valence-corrected chi connectivity index (χ4v) is 3.84. The first-order chi connectivity index (χ1) is 10.8. The molecule has 0 bridgehead atoms. The van der Waals surface area contributed by atoms with Crippen LogP contribution in [0, 0.1) is 23.6 Å². The van der Waals surface area contributed by atoms with E-state index in [1.54, 1.807) is 11.0 Å². The van der Waals surface area contributed by atoms with Gasteiger partial charge in [-0.25, -0.2) is 9.18 Å². The van der Waals surface area contributed by atoms with Crippen LogP contribution in [0.1, 0.15) is 58.7 Å². The second-order valence-electron chi connectivity index (χ2n) is 7.16. The summed E-state index contributed by atoms with van der Waals surface area (Å²) in [5.41, 5.74) is 0.592. The minimum Gasteiger partial charge on any atom is -0.465 e. The molecule has 0 aromatic carbocycles. The van der Waals surface area contributed by atoms with Gasteiger partial charge in [0.1, 0.15) is 5.82 Å². The van der Waals surface area contributed by atoms with Gasteiger partial charge >= 0.3 is 6.09 Å². The van der Waals surface area contributed by atoms with Crippen molar-refractivity contribution in [3.05, 3.63) is 29.8 Å². The van der Waals surface area contributed by atoms with E-state index in [1.807, 2.05) is 6.92 Å². The predicted octanol–water partition coefficient (Wildman–Crippen LogP) is 4.72. The molecule has 1 aliphatic rings. The first-order valence-corrected chi connectivity index (χ1v) is 8.44. The van der Waals surface area contributed by atoms with E-state index in [0.717, 1.165) is 25.5 Å². The molecule has 1 aliphatic carbocycles. The maximum Gasteiger partial charge on any atom is 0.408 e. The van der Waals surface area contributed by atoms with Crippen LogP contribution in [0.25, 0.3) is 0 Å². The number of aromatic nitrogens is 1. The molecule has 0 unspecified atom stereocenters. The van der Waals surface area contributed by atoms with E-state index in [1.165, 1.54) is 6.07 Å². The van der Waals surface area contributed by atoms with E-state index in [2.05, 4.69) is 25.8 Å². The van der Waals surface area contributed by atoms with E-state index in [9.17, 15) is 14.3 Å². The van der Waals surface area contributed by atoms with Gasteiger partial charge in [-0.2, -0.15) is 0 Å². The van der Waals surface area contributed by atoms with Crippen molar-refractivity contribution in [1.82, 2.24) is 9.88 Å². The van der Waals surface area contributed by atoms with Crippen molar-refractivity contribution in [2.75, 3.05) is 0 Å². The second kappa shape index (κ2) is 7.28. The number of carbonyl (C=O) groups is 1. The molecule has 1 aromatic heterocycles. The quantitative estimate of drug-likeness (QED) is 0.872. The van der Waals surface area contributed by atoms with Crippen LogP contribution in [-0.2, 0) is 0 Å². The number of nitrogens with zero attached hydrogens (tertiary/aromatic N) is 2. The van der Waals surface area contributed by atoms with E-state index in [4.69, 9.17) is 0 Å². The fraction of sp³-hybridized carbons (Fsp3) is 0.667. The number of hydrogen-bond donors (Lipinski definition) is 1. The molecule has 1 N–H and O–H groups in total. The molecule has 1 aromatic rings. The van der Waals surface area contributed by atoms with Crippen molar-refractivity contribution in [3.8, 4) is 0 Å². The zero-order valence-corrected chi connectivity index (χ0v) is 14.4. The summed E-state index contributed by atoms with van der Waals surface area (Å²) in [5.74, 6) is 0.896. The van der Waals surface area contributed by atoms with Gasteiger partial charge in [0.15, 0.2) is 0 Å². The Bertz CT molecular complexity index is 532. The van der Waals surface area contributed by atoms with Crippen LogP contribution in [0.15, 0.2) is 18.3 Å². The van der Waals surface area contributed by atoms with Crippen molar-refractivity contribution < 1.29 is 14.3 Å². The van der Waals surface area contributed by atoms with E-state index < -0.39 is 11.9 Å². The lowest BCUT2D eigenvalue weighted by Crippen LogP contribution is -2.49.